The molecule has 0 aliphatic carbocycles. The van der Waals surface area contributed by atoms with Gasteiger partial charge in [0.05, 0.1) is 5.25 Å². The summed E-state index contributed by atoms with van der Waals surface area (Å²) in [6.07, 6.45) is 3.32. The minimum atomic E-state index is -0.306. The van der Waals surface area contributed by atoms with Crippen LogP contribution >= 0.6 is 11.8 Å². The topological polar surface area (TPSA) is 72.1 Å². The Morgan fingerprint density at radius 3 is 2.70 bits per heavy atom. The molecule has 0 aliphatic heterocycles. The van der Waals surface area contributed by atoms with E-state index in [2.05, 4.69) is 21.8 Å². The standard InChI is InChI=1S/C16H20N4O2S/c1-5-20(10-11(2)3)15(21)12(4)23-16-19-18-14(22-16)13-6-8-17-9-7-13/h6-9,12H,2,5,10H2,1,3-4H3. The van der Waals surface area contributed by atoms with Gasteiger partial charge in [-0.2, -0.15) is 0 Å². The van der Waals surface area contributed by atoms with Crippen LogP contribution < -0.4 is 0 Å². The minimum Gasteiger partial charge on any atom is -0.411 e. The largest absolute Gasteiger partial charge is 0.411 e. The highest BCUT2D eigenvalue weighted by Gasteiger charge is 2.23. The Balaban J connectivity index is 2.03. The predicted molar refractivity (Wildman–Crippen MR) is 89.9 cm³/mol. The third-order valence-electron chi connectivity index (χ3n) is 3.11. The van der Waals surface area contributed by atoms with E-state index >= 15 is 0 Å². The Kier molecular flexibility index (Phi) is 5.92. The number of nitrogens with zero attached hydrogens (tertiary/aromatic N) is 4. The van der Waals surface area contributed by atoms with Gasteiger partial charge in [0.1, 0.15) is 0 Å². The molecule has 0 aromatic carbocycles. The van der Waals surface area contributed by atoms with E-state index in [0.717, 1.165) is 11.1 Å². The Labute approximate surface area is 140 Å². The minimum absolute atomic E-state index is 0.0316. The summed E-state index contributed by atoms with van der Waals surface area (Å²) in [6, 6.07) is 3.59. The molecule has 1 unspecified atom stereocenters. The fourth-order valence-corrected chi connectivity index (χ4v) is 2.77. The molecule has 1 amide bonds. The fraction of sp³-hybridized carbons (Fsp3) is 0.375. The van der Waals surface area contributed by atoms with E-state index in [0.29, 0.717) is 24.2 Å². The maximum atomic E-state index is 12.5. The summed E-state index contributed by atoms with van der Waals surface area (Å²) in [7, 11) is 0. The summed E-state index contributed by atoms with van der Waals surface area (Å²) in [5.41, 5.74) is 1.76. The Morgan fingerprint density at radius 2 is 2.09 bits per heavy atom. The van der Waals surface area contributed by atoms with Crippen molar-refractivity contribution >= 4 is 17.7 Å². The van der Waals surface area contributed by atoms with Crippen LogP contribution in [0.3, 0.4) is 0 Å². The van der Waals surface area contributed by atoms with Crippen LogP contribution in [0.4, 0.5) is 0 Å². The number of carbonyl (C=O) groups excluding carboxylic acids is 1. The van der Waals surface area contributed by atoms with Crippen molar-refractivity contribution in [2.75, 3.05) is 13.1 Å². The van der Waals surface area contributed by atoms with Crippen molar-refractivity contribution < 1.29 is 9.21 Å². The average Bonchev–Trinajstić information content (AvgIpc) is 3.01. The molecular weight excluding hydrogens is 312 g/mol. The predicted octanol–water partition coefficient (Wildman–Crippen LogP) is 3.04. The normalized spacial score (nSPS) is 12.0. The number of hydrogen-bond acceptors (Lipinski definition) is 6. The lowest BCUT2D eigenvalue weighted by Crippen LogP contribution is -2.37. The summed E-state index contributed by atoms with van der Waals surface area (Å²) in [6.45, 7) is 10.8. The molecule has 0 radical (unpaired) electrons. The van der Waals surface area contributed by atoms with Crippen LogP contribution in [0.5, 0.6) is 0 Å². The van der Waals surface area contributed by atoms with Crippen molar-refractivity contribution in [1.82, 2.24) is 20.1 Å². The SMILES string of the molecule is C=C(C)CN(CC)C(=O)C(C)Sc1nnc(-c2ccncc2)o1. The van der Waals surface area contributed by atoms with Crippen molar-refractivity contribution in [3.8, 4) is 11.5 Å². The zero-order valence-electron chi connectivity index (χ0n) is 13.5. The van der Waals surface area contributed by atoms with E-state index in [-0.39, 0.29) is 11.2 Å². The smallest absolute Gasteiger partial charge is 0.277 e. The van der Waals surface area contributed by atoms with Crippen LogP contribution in [0.1, 0.15) is 20.8 Å². The van der Waals surface area contributed by atoms with Gasteiger partial charge in [-0.05, 0) is 32.9 Å². The van der Waals surface area contributed by atoms with Crippen molar-refractivity contribution in [3.63, 3.8) is 0 Å². The van der Waals surface area contributed by atoms with Gasteiger partial charge in [-0.1, -0.05) is 23.9 Å². The van der Waals surface area contributed by atoms with E-state index in [1.165, 1.54) is 11.8 Å². The van der Waals surface area contributed by atoms with Crippen LogP contribution in [-0.2, 0) is 4.79 Å². The first kappa shape index (κ1) is 17.2. The molecule has 0 saturated heterocycles. The molecule has 0 bridgehead atoms. The number of thioether (sulfide) groups is 1. The van der Waals surface area contributed by atoms with Crippen molar-refractivity contribution in [3.05, 3.63) is 36.7 Å². The summed E-state index contributed by atoms with van der Waals surface area (Å²) in [4.78, 5) is 18.2. The maximum absolute atomic E-state index is 12.5. The zero-order chi connectivity index (χ0) is 16.8. The molecule has 2 aromatic heterocycles. The van der Waals surface area contributed by atoms with Gasteiger partial charge in [0.2, 0.25) is 11.8 Å². The molecule has 122 valence electrons. The summed E-state index contributed by atoms with van der Waals surface area (Å²) in [5.74, 6) is 0.452. The lowest BCUT2D eigenvalue weighted by atomic mass is 10.3. The number of carbonyl (C=O) groups is 1. The number of likely N-dealkylation sites (N-methyl/N-ethyl adjacent to an activating group) is 1. The number of pyridine rings is 1. The second-order valence-corrected chi connectivity index (χ2v) is 6.47. The molecule has 1 atom stereocenters. The van der Waals surface area contributed by atoms with Gasteiger partial charge in [0, 0.05) is 31.0 Å². The van der Waals surface area contributed by atoms with Crippen LogP contribution in [-0.4, -0.2) is 44.3 Å². The fourth-order valence-electron chi connectivity index (χ4n) is 2.00. The van der Waals surface area contributed by atoms with Gasteiger partial charge in [-0.3, -0.25) is 9.78 Å². The van der Waals surface area contributed by atoms with Gasteiger partial charge in [-0.25, -0.2) is 0 Å². The third kappa shape index (κ3) is 4.66. The van der Waals surface area contributed by atoms with E-state index in [1.54, 1.807) is 29.4 Å². The van der Waals surface area contributed by atoms with Gasteiger partial charge in [0.25, 0.3) is 5.22 Å². The van der Waals surface area contributed by atoms with Crippen LogP contribution in [0.15, 0.2) is 46.3 Å². The summed E-state index contributed by atoms with van der Waals surface area (Å²) in [5, 5.41) is 8.08. The van der Waals surface area contributed by atoms with Gasteiger partial charge >= 0.3 is 0 Å². The first-order valence-electron chi connectivity index (χ1n) is 7.35. The molecule has 6 nitrogen and oxygen atoms in total. The van der Waals surface area contributed by atoms with Crippen LogP contribution in [0.25, 0.3) is 11.5 Å². The number of hydrogen-bond donors (Lipinski definition) is 0. The second-order valence-electron chi connectivity index (χ2n) is 5.18. The highest BCUT2D eigenvalue weighted by atomic mass is 32.2. The highest BCUT2D eigenvalue weighted by molar-refractivity contribution is 8.00. The molecule has 0 spiro atoms. The Hall–Kier alpha value is -2.15. The summed E-state index contributed by atoms with van der Waals surface area (Å²) >= 11 is 1.26. The third-order valence-corrected chi connectivity index (χ3v) is 4.04. The molecular formula is C16H20N4O2S. The Bertz CT molecular complexity index is 672. The van der Waals surface area contributed by atoms with Crippen molar-refractivity contribution in [2.24, 2.45) is 0 Å². The second kappa shape index (κ2) is 7.92. The molecule has 0 fully saturated rings. The van der Waals surface area contributed by atoms with Gasteiger partial charge in [-0.15, -0.1) is 10.2 Å². The number of amides is 1. The number of rotatable bonds is 7. The van der Waals surface area contributed by atoms with E-state index in [4.69, 9.17) is 4.42 Å². The highest BCUT2D eigenvalue weighted by Crippen LogP contribution is 2.26. The molecule has 2 aromatic rings. The molecule has 2 rings (SSSR count). The molecule has 7 heteroatoms. The quantitative estimate of drug-likeness (QED) is 0.573. The Morgan fingerprint density at radius 1 is 1.39 bits per heavy atom. The first-order chi connectivity index (χ1) is 11.0. The summed E-state index contributed by atoms with van der Waals surface area (Å²) < 4.78 is 5.61. The zero-order valence-corrected chi connectivity index (χ0v) is 14.3. The van der Waals surface area contributed by atoms with Crippen LogP contribution in [0, 0.1) is 0 Å². The molecule has 0 aliphatic rings. The molecule has 23 heavy (non-hydrogen) atoms. The van der Waals surface area contributed by atoms with E-state index in [9.17, 15) is 4.79 Å². The monoisotopic (exact) mass is 332 g/mol. The molecule has 0 N–H and O–H groups in total. The van der Waals surface area contributed by atoms with Gasteiger partial charge in [0.15, 0.2) is 0 Å². The van der Waals surface area contributed by atoms with Crippen molar-refractivity contribution in [1.29, 1.82) is 0 Å². The lowest BCUT2D eigenvalue weighted by Gasteiger charge is -2.23. The lowest BCUT2D eigenvalue weighted by molar-refractivity contribution is -0.129. The first-order valence-corrected chi connectivity index (χ1v) is 8.23. The molecule has 2 heterocycles. The average molecular weight is 332 g/mol. The maximum Gasteiger partial charge on any atom is 0.277 e. The molecule has 0 saturated carbocycles. The van der Waals surface area contributed by atoms with Crippen LogP contribution in [0.2, 0.25) is 0 Å². The van der Waals surface area contributed by atoms with Crippen molar-refractivity contribution in [2.45, 2.75) is 31.2 Å². The number of aromatic nitrogens is 3. The van der Waals surface area contributed by atoms with E-state index < -0.39 is 0 Å². The van der Waals surface area contributed by atoms with E-state index in [1.807, 2.05) is 20.8 Å². The van der Waals surface area contributed by atoms with Gasteiger partial charge < -0.3 is 9.32 Å².